The third-order valence-corrected chi connectivity index (χ3v) is 3.97. The number of anilines is 1. The molecule has 4 nitrogen and oxygen atoms in total. The SMILES string of the molecule is COC(=O)CC1CCCCN1c1ccc(C#N)c(Cl)c1. The summed E-state index contributed by atoms with van der Waals surface area (Å²) in [4.78, 5) is 13.7. The van der Waals surface area contributed by atoms with Gasteiger partial charge in [0.05, 0.1) is 24.1 Å². The van der Waals surface area contributed by atoms with Gasteiger partial charge in [0.1, 0.15) is 6.07 Å². The maximum Gasteiger partial charge on any atom is 0.307 e. The van der Waals surface area contributed by atoms with Crippen LogP contribution < -0.4 is 4.90 Å². The van der Waals surface area contributed by atoms with Crippen LogP contribution in [0.3, 0.4) is 0 Å². The molecule has 1 aromatic rings. The lowest BCUT2D eigenvalue weighted by Crippen LogP contribution is -2.41. The van der Waals surface area contributed by atoms with Crippen molar-refractivity contribution < 1.29 is 9.53 Å². The minimum absolute atomic E-state index is 0.139. The van der Waals surface area contributed by atoms with Gasteiger partial charge in [-0.1, -0.05) is 11.6 Å². The Morgan fingerprint density at radius 2 is 2.35 bits per heavy atom. The average molecular weight is 293 g/mol. The number of rotatable bonds is 3. The molecule has 1 atom stereocenters. The van der Waals surface area contributed by atoms with Gasteiger partial charge in [-0.05, 0) is 37.5 Å². The monoisotopic (exact) mass is 292 g/mol. The summed E-state index contributed by atoms with van der Waals surface area (Å²) in [6, 6.07) is 7.61. The van der Waals surface area contributed by atoms with E-state index in [-0.39, 0.29) is 12.0 Å². The summed E-state index contributed by atoms with van der Waals surface area (Å²) in [5.41, 5.74) is 1.43. The van der Waals surface area contributed by atoms with Crippen LogP contribution in [0.1, 0.15) is 31.2 Å². The van der Waals surface area contributed by atoms with Gasteiger partial charge in [0.2, 0.25) is 0 Å². The number of benzene rings is 1. The molecule has 2 rings (SSSR count). The molecule has 1 unspecified atom stereocenters. The first-order chi connectivity index (χ1) is 9.65. The molecule has 0 N–H and O–H groups in total. The maximum atomic E-state index is 11.5. The molecule has 1 heterocycles. The van der Waals surface area contributed by atoms with Crippen molar-refractivity contribution in [3.05, 3.63) is 28.8 Å². The number of carbonyl (C=O) groups is 1. The van der Waals surface area contributed by atoms with E-state index < -0.39 is 0 Å². The largest absolute Gasteiger partial charge is 0.469 e. The Kier molecular flexibility index (Phi) is 4.86. The molecule has 1 fully saturated rings. The van der Waals surface area contributed by atoms with Crippen molar-refractivity contribution >= 4 is 23.3 Å². The van der Waals surface area contributed by atoms with Crippen LogP contribution in [0.5, 0.6) is 0 Å². The standard InChI is InChI=1S/C15H17ClN2O2/c1-20-15(19)9-12-4-2-3-7-18(12)13-6-5-11(10-17)14(16)8-13/h5-6,8,12H,2-4,7,9H2,1H3. The number of esters is 1. The van der Waals surface area contributed by atoms with Crippen LogP contribution in [-0.2, 0) is 9.53 Å². The molecule has 1 saturated heterocycles. The number of piperidine rings is 1. The van der Waals surface area contributed by atoms with E-state index in [0.717, 1.165) is 31.5 Å². The van der Waals surface area contributed by atoms with E-state index in [1.165, 1.54) is 7.11 Å². The maximum absolute atomic E-state index is 11.5. The van der Waals surface area contributed by atoms with Gasteiger partial charge in [0, 0.05) is 18.3 Å². The third-order valence-electron chi connectivity index (χ3n) is 3.66. The normalized spacial score (nSPS) is 18.4. The highest BCUT2D eigenvalue weighted by Crippen LogP contribution is 2.30. The molecule has 1 aliphatic rings. The highest BCUT2D eigenvalue weighted by molar-refractivity contribution is 6.32. The van der Waals surface area contributed by atoms with Crippen molar-refractivity contribution in [3.8, 4) is 6.07 Å². The number of methoxy groups -OCH3 is 1. The van der Waals surface area contributed by atoms with Crippen LogP contribution in [0.2, 0.25) is 5.02 Å². The first-order valence-electron chi connectivity index (χ1n) is 6.69. The number of ether oxygens (including phenoxy) is 1. The average Bonchev–Trinajstić information content (AvgIpc) is 2.47. The lowest BCUT2D eigenvalue weighted by molar-refractivity contribution is -0.141. The minimum Gasteiger partial charge on any atom is -0.469 e. The minimum atomic E-state index is -0.193. The fraction of sp³-hybridized carbons (Fsp3) is 0.467. The third kappa shape index (κ3) is 3.23. The molecule has 0 amide bonds. The molecule has 0 saturated carbocycles. The summed E-state index contributed by atoms with van der Waals surface area (Å²) in [6.45, 7) is 0.893. The van der Waals surface area contributed by atoms with Gasteiger partial charge in [-0.3, -0.25) is 4.79 Å². The molecular weight excluding hydrogens is 276 g/mol. The lowest BCUT2D eigenvalue weighted by Gasteiger charge is -2.37. The van der Waals surface area contributed by atoms with Gasteiger partial charge in [0.15, 0.2) is 0 Å². The number of carbonyl (C=O) groups excluding carboxylic acids is 1. The van der Waals surface area contributed by atoms with Crippen LogP contribution in [0.15, 0.2) is 18.2 Å². The van der Waals surface area contributed by atoms with Crippen molar-refractivity contribution in [2.45, 2.75) is 31.7 Å². The zero-order valence-corrected chi connectivity index (χ0v) is 12.2. The second-order valence-corrected chi connectivity index (χ2v) is 5.31. The first kappa shape index (κ1) is 14.7. The van der Waals surface area contributed by atoms with Gasteiger partial charge in [-0.25, -0.2) is 0 Å². The van der Waals surface area contributed by atoms with Crippen LogP contribution in [0.25, 0.3) is 0 Å². The number of nitrogens with zero attached hydrogens (tertiary/aromatic N) is 2. The predicted octanol–water partition coefficient (Wildman–Crippen LogP) is 3.13. The van der Waals surface area contributed by atoms with Crippen molar-refractivity contribution in [2.24, 2.45) is 0 Å². The predicted molar refractivity (Wildman–Crippen MR) is 77.8 cm³/mol. The molecule has 0 spiro atoms. The molecule has 0 aliphatic carbocycles. The molecule has 0 bridgehead atoms. The van der Waals surface area contributed by atoms with Gasteiger partial charge in [0.25, 0.3) is 0 Å². The van der Waals surface area contributed by atoms with E-state index in [1.54, 1.807) is 12.1 Å². The van der Waals surface area contributed by atoms with Crippen molar-refractivity contribution in [1.82, 2.24) is 0 Å². The summed E-state index contributed by atoms with van der Waals surface area (Å²) < 4.78 is 4.76. The Balaban J connectivity index is 2.21. The summed E-state index contributed by atoms with van der Waals surface area (Å²) in [7, 11) is 1.41. The molecule has 0 aromatic heterocycles. The van der Waals surface area contributed by atoms with Gasteiger partial charge >= 0.3 is 5.97 Å². The van der Waals surface area contributed by atoms with E-state index in [0.29, 0.717) is 17.0 Å². The summed E-state index contributed by atoms with van der Waals surface area (Å²) in [5.74, 6) is -0.193. The molecular formula is C15H17ClN2O2. The Bertz CT molecular complexity index is 539. The number of halogens is 1. The Hall–Kier alpha value is -1.73. The summed E-state index contributed by atoms with van der Waals surface area (Å²) in [6.07, 6.45) is 3.55. The Labute approximate surface area is 123 Å². The van der Waals surface area contributed by atoms with E-state index in [9.17, 15) is 4.79 Å². The second-order valence-electron chi connectivity index (χ2n) is 4.90. The van der Waals surface area contributed by atoms with Crippen LogP contribution in [0.4, 0.5) is 5.69 Å². The molecule has 106 valence electrons. The highest BCUT2D eigenvalue weighted by Gasteiger charge is 2.25. The van der Waals surface area contributed by atoms with Crippen molar-refractivity contribution in [1.29, 1.82) is 5.26 Å². The van der Waals surface area contributed by atoms with E-state index in [1.807, 2.05) is 6.07 Å². The Morgan fingerprint density at radius 3 is 3.00 bits per heavy atom. The zero-order chi connectivity index (χ0) is 14.5. The summed E-state index contributed by atoms with van der Waals surface area (Å²) >= 11 is 6.09. The summed E-state index contributed by atoms with van der Waals surface area (Å²) in [5, 5.41) is 9.36. The topological polar surface area (TPSA) is 53.3 Å². The second kappa shape index (κ2) is 6.62. The zero-order valence-electron chi connectivity index (χ0n) is 11.4. The van der Waals surface area contributed by atoms with Gasteiger partial charge < -0.3 is 9.64 Å². The van der Waals surface area contributed by atoms with Gasteiger partial charge in [-0.15, -0.1) is 0 Å². The number of hydrogen-bond acceptors (Lipinski definition) is 4. The fourth-order valence-corrected chi connectivity index (χ4v) is 2.82. The molecule has 1 aliphatic heterocycles. The van der Waals surface area contributed by atoms with Gasteiger partial charge in [-0.2, -0.15) is 5.26 Å². The van der Waals surface area contributed by atoms with Crippen molar-refractivity contribution in [3.63, 3.8) is 0 Å². The fourth-order valence-electron chi connectivity index (χ4n) is 2.60. The Morgan fingerprint density at radius 1 is 1.55 bits per heavy atom. The van der Waals surface area contributed by atoms with Crippen LogP contribution in [0, 0.1) is 11.3 Å². The van der Waals surface area contributed by atoms with Crippen LogP contribution >= 0.6 is 11.6 Å². The highest BCUT2D eigenvalue weighted by atomic mass is 35.5. The smallest absolute Gasteiger partial charge is 0.307 e. The molecule has 20 heavy (non-hydrogen) atoms. The van der Waals surface area contributed by atoms with E-state index in [2.05, 4.69) is 11.0 Å². The first-order valence-corrected chi connectivity index (χ1v) is 7.06. The van der Waals surface area contributed by atoms with E-state index in [4.69, 9.17) is 21.6 Å². The number of hydrogen-bond donors (Lipinski definition) is 0. The molecule has 1 aromatic carbocycles. The quantitative estimate of drug-likeness (QED) is 0.803. The molecule has 5 heteroatoms. The van der Waals surface area contributed by atoms with Crippen molar-refractivity contribution in [2.75, 3.05) is 18.6 Å². The van der Waals surface area contributed by atoms with E-state index >= 15 is 0 Å². The van der Waals surface area contributed by atoms with Crippen LogP contribution in [-0.4, -0.2) is 25.7 Å². The number of nitriles is 1. The molecule has 0 radical (unpaired) electrons. The lowest BCUT2D eigenvalue weighted by atomic mass is 9.98.